The number of non-ortho nitro benzene ring substituents is 1. The number of rotatable bonds is 3. The van der Waals surface area contributed by atoms with Crippen LogP contribution in [0.4, 0.5) is 11.4 Å². The Hall–Kier alpha value is -3.15. The summed E-state index contributed by atoms with van der Waals surface area (Å²) in [5.41, 5.74) is 3.85. The lowest BCUT2D eigenvalue weighted by atomic mass is 9.74. The molecule has 2 N–H and O–H groups in total. The first-order chi connectivity index (χ1) is 12.5. The summed E-state index contributed by atoms with van der Waals surface area (Å²) in [6.07, 6.45) is 4.95. The smallest absolute Gasteiger partial charge is 0.336 e. The van der Waals surface area contributed by atoms with Crippen LogP contribution in [0.2, 0.25) is 0 Å². The average Bonchev–Trinajstić information content (AvgIpc) is 3.11. The Kier molecular flexibility index (Phi) is 3.76. The van der Waals surface area contributed by atoms with Gasteiger partial charge < -0.3 is 10.4 Å². The van der Waals surface area contributed by atoms with Crippen molar-refractivity contribution in [3.8, 4) is 0 Å². The lowest BCUT2D eigenvalue weighted by Crippen LogP contribution is -2.31. The number of aromatic carboxylic acids is 1. The lowest BCUT2D eigenvalue weighted by molar-refractivity contribution is -0.384. The van der Waals surface area contributed by atoms with Crippen LogP contribution in [0.5, 0.6) is 0 Å². The fourth-order valence-electron chi connectivity index (χ4n) is 4.20. The molecular formula is C20H18N2O4. The van der Waals surface area contributed by atoms with E-state index in [1.165, 1.54) is 6.07 Å². The number of nitrogens with one attached hydrogen (secondary N) is 1. The molecule has 0 saturated heterocycles. The molecule has 0 aromatic heterocycles. The monoisotopic (exact) mass is 350 g/mol. The van der Waals surface area contributed by atoms with Gasteiger partial charge in [-0.2, -0.15) is 0 Å². The van der Waals surface area contributed by atoms with Gasteiger partial charge in [-0.05, 0) is 42.0 Å². The second-order valence-electron chi connectivity index (χ2n) is 6.85. The lowest BCUT2D eigenvalue weighted by Gasteiger charge is -2.39. The number of allylic oxidation sites excluding steroid dienone is 2. The Labute approximate surface area is 150 Å². The number of hydrogen-bond donors (Lipinski definition) is 2. The number of nitrogens with zero attached hydrogens (tertiary/aromatic N) is 1. The molecule has 1 heterocycles. The number of nitro benzene ring substituents is 1. The van der Waals surface area contributed by atoms with Crippen molar-refractivity contribution in [2.24, 2.45) is 5.92 Å². The summed E-state index contributed by atoms with van der Waals surface area (Å²) in [5.74, 6) is -0.818. The van der Waals surface area contributed by atoms with E-state index in [4.69, 9.17) is 0 Å². The predicted octanol–water partition coefficient (Wildman–Crippen LogP) is 4.43. The fraction of sp³-hybridized carbons (Fsp3) is 0.250. The molecule has 6 heteroatoms. The maximum Gasteiger partial charge on any atom is 0.336 e. The van der Waals surface area contributed by atoms with Gasteiger partial charge in [-0.15, -0.1) is 0 Å². The molecule has 0 radical (unpaired) electrons. The average molecular weight is 350 g/mol. The third-order valence-corrected chi connectivity index (χ3v) is 5.40. The quantitative estimate of drug-likeness (QED) is 0.485. The first-order valence-corrected chi connectivity index (χ1v) is 8.51. The summed E-state index contributed by atoms with van der Waals surface area (Å²) in [5, 5.41) is 24.2. The number of nitro groups is 1. The van der Waals surface area contributed by atoms with E-state index in [1.807, 2.05) is 13.0 Å². The summed E-state index contributed by atoms with van der Waals surface area (Å²) in [7, 11) is 0. The molecule has 0 fully saturated rings. The molecular weight excluding hydrogens is 332 g/mol. The number of fused-ring (bicyclic) bond motifs is 3. The summed E-state index contributed by atoms with van der Waals surface area (Å²) in [4.78, 5) is 22.5. The van der Waals surface area contributed by atoms with E-state index in [0.717, 1.165) is 28.8 Å². The van der Waals surface area contributed by atoms with E-state index in [-0.39, 0.29) is 23.6 Å². The summed E-state index contributed by atoms with van der Waals surface area (Å²) in [6.45, 7) is 1.95. The zero-order valence-corrected chi connectivity index (χ0v) is 14.2. The van der Waals surface area contributed by atoms with Crippen LogP contribution < -0.4 is 5.32 Å². The van der Waals surface area contributed by atoms with Gasteiger partial charge in [-0.25, -0.2) is 4.79 Å². The summed E-state index contributed by atoms with van der Waals surface area (Å²) in [6, 6.07) is 10.0. The van der Waals surface area contributed by atoms with E-state index in [1.54, 1.807) is 24.3 Å². The first kappa shape index (κ1) is 16.3. The van der Waals surface area contributed by atoms with Gasteiger partial charge in [-0.1, -0.05) is 30.4 Å². The number of benzene rings is 2. The van der Waals surface area contributed by atoms with Crippen molar-refractivity contribution >= 4 is 17.3 Å². The molecule has 3 atom stereocenters. The van der Waals surface area contributed by atoms with Crippen LogP contribution in [0.15, 0.2) is 48.6 Å². The molecule has 0 unspecified atom stereocenters. The second-order valence-corrected chi connectivity index (χ2v) is 6.85. The number of anilines is 1. The first-order valence-electron chi connectivity index (χ1n) is 8.51. The number of carboxylic acids is 1. The maximum atomic E-state index is 11.7. The van der Waals surface area contributed by atoms with Crippen LogP contribution in [-0.2, 0) is 0 Å². The Morgan fingerprint density at radius 2 is 2.12 bits per heavy atom. The highest BCUT2D eigenvalue weighted by Crippen LogP contribution is 2.51. The van der Waals surface area contributed by atoms with Crippen LogP contribution in [-0.4, -0.2) is 16.0 Å². The topological polar surface area (TPSA) is 92.5 Å². The molecule has 2 aromatic carbocycles. The number of hydrogen-bond acceptors (Lipinski definition) is 4. The van der Waals surface area contributed by atoms with Crippen molar-refractivity contribution < 1.29 is 14.8 Å². The van der Waals surface area contributed by atoms with Crippen molar-refractivity contribution in [3.63, 3.8) is 0 Å². The minimum atomic E-state index is -0.934. The second kappa shape index (κ2) is 5.98. The molecule has 132 valence electrons. The minimum absolute atomic E-state index is 0.0125. The van der Waals surface area contributed by atoms with E-state index in [2.05, 4.69) is 17.5 Å². The Bertz CT molecular complexity index is 951. The molecule has 2 aromatic rings. The van der Waals surface area contributed by atoms with Gasteiger partial charge in [0.2, 0.25) is 0 Å². The molecule has 0 amide bonds. The molecule has 26 heavy (non-hydrogen) atoms. The number of aryl methyl sites for hydroxylation is 1. The van der Waals surface area contributed by atoms with E-state index in [0.29, 0.717) is 5.56 Å². The Balaban J connectivity index is 1.85. The number of carboxylic acid groups (broad SMARTS) is 1. The SMILES string of the molecule is Cc1ccc(C(=O)O)c2c1N[C@H](c1cccc([N+](=O)[O-])c1)[C@H]1CC=C[C@@H]21. The fourth-order valence-corrected chi connectivity index (χ4v) is 4.20. The molecule has 6 nitrogen and oxygen atoms in total. The highest BCUT2D eigenvalue weighted by Gasteiger charge is 2.40. The van der Waals surface area contributed by atoms with Crippen molar-refractivity contribution in [1.82, 2.24) is 0 Å². The van der Waals surface area contributed by atoms with Gasteiger partial charge in [0.25, 0.3) is 5.69 Å². The molecule has 0 saturated carbocycles. The van der Waals surface area contributed by atoms with E-state index in [9.17, 15) is 20.0 Å². The predicted molar refractivity (Wildman–Crippen MR) is 97.6 cm³/mol. The van der Waals surface area contributed by atoms with Crippen molar-refractivity contribution in [2.75, 3.05) is 5.32 Å². The Morgan fingerprint density at radius 3 is 2.85 bits per heavy atom. The standard InChI is InChI=1S/C20H18N2O4/c1-11-8-9-16(20(23)24)17-14-6-3-7-15(14)19(21-18(11)17)12-4-2-5-13(10-12)22(25)26/h2-6,8-10,14-15,19,21H,7H2,1H3,(H,23,24)/t14-,15+,19-/m1/s1. The van der Waals surface area contributed by atoms with Gasteiger partial charge in [0.1, 0.15) is 0 Å². The summed E-state index contributed by atoms with van der Waals surface area (Å²) < 4.78 is 0. The minimum Gasteiger partial charge on any atom is -0.478 e. The van der Waals surface area contributed by atoms with Gasteiger partial charge >= 0.3 is 5.97 Å². The van der Waals surface area contributed by atoms with Crippen LogP contribution in [0.3, 0.4) is 0 Å². The number of carbonyl (C=O) groups is 1. The van der Waals surface area contributed by atoms with E-state index < -0.39 is 10.9 Å². The van der Waals surface area contributed by atoms with Crippen molar-refractivity contribution in [2.45, 2.75) is 25.3 Å². The summed E-state index contributed by atoms with van der Waals surface area (Å²) >= 11 is 0. The zero-order valence-electron chi connectivity index (χ0n) is 14.2. The molecule has 1 aliphatic heterocycles. The molecule has 0 bridgehead atoms. The van der Waals surface area contributed by atoms with Crippen LogP contribution in [0.1, 0.15) is 45.4 Å². The van der Waals surface area contributed by atoms with Gasteiger partial charge in [0, 0.05) is 23.7 Å². The normalized spacial score (nSPS) is 23.0. The molecule has 1 aliphatic carbocycles. The molecule has 0 spiro atoms. The third kappa shape index (κ3) is 2.45. The highest BCUT2D eigenvalue weighted by molar-refractivity contribution is 5.93. The van der Waals surface area contributed by atoms with Crippen molar-refractivity contribution in [1.29, 1.82) is 0 Å². The van der Waals surface area contributed by atoms with E-state index >= 15 is 0 Å². The maximum absolute atomic E-state index is 11.7. The van der Waals surface area contributed by atoms with Crippen molar-refractivity contribution in [3.05, 3.63) is 80.9 Å². The van der Waals surface area contributed by atoms with Crippen LogP contribution in [0.25, 0.3) is 0 Å². The van der Waals surface area contributed by atoms with Crippen LogP contribution in [0, 0.1) is 23.0 Å². The largest absolute Gasteiger partial charge is 0.478 e. The van der Waals surface area contributed by atoms with Gasteiger partial charge in [0.15, 0.2) is 0 Å². The van der Waals surface area contributed by atoms with Gasteiger partial charge in [0.05, 0.1) is 16.5 Å². The highest BCUT2D eigenvalue weighted by atomic mass is 16.6. The Morgan fingerprint density at radius 1 is 1.31 bits per heavy atom. The molecule has 4 rings (SSSR count). The zero-order chi connectivity index (χ0) is 18.4. The van der Waals surface area contributed by atoms with Gasteiger partial charge in [-0.3, -0.25) is 10.1 Å². The third-order valence-electron chi connectivity index (χ3n) is 5.40. The van der Waals surface area contributed by atoms with Crippen LogP contribution >= 0.6 is 0 Å². The molecule has 2 aliphatic rings.